The zero-order chi connectivity index (χ0) is 16.5. The van der Waals surface area contributed by atoms with Gasteiger partial charge in [0.2, 0.25) is 12.5 Å². The van der Waals surface area contributed by atoms with Crippen LogP contribution in [0.2, 0.25) is 0 Å². The molecule has 1 aromatic heterocycles. The van der Waals surface area contributed by atoms with Gasteiger partial charge in [-0.1, -0.05) is 0 Å². The van der Waals surface area contributed by atoms with E-state index >= 15 is 0 Å². The van der Waals surface area contributed by atoms with E-state index in [2.05, 4.69) is 27.0 Å². The van der Waals surface area contributed by atoms with Crippen LogP contribution in [0.5, 0.6) is 17.2 Å². The van der Waals surface area contributed by atoms with Crippen molar-refractivity contribution in [1.29, 1.82) is 0 Å². The van der Waals surface area contributed by atoms with Crippen molar-refractivity contribution >= 4 is 0 Å². The van der Waals surface area contributed by atoms with Crippen LogP contribution in [0, 0.1) is 0 Å². The number of fused-ring (bicyclic) bond motifs is 2. The Labute approximate surface area is 140 Å². The minimum atomic E-state index is 0.126. The molecule has 0 saturated carbocycles. The summed E-state index contributed by atoms with van der Waals surface area (Å²) in [7, 11) is 1.64. The minimum Gasteiger partial charge on any atom is -0.493 e. The summed E-state index contributed by atoms with van der Waals surface area (Å²) in [6.45, 7) is 4.07. The average molecular weight is 330 g/mol. The summed E-state index contributed by atoms with van der Waals surface area (Å²) >= 11 is 0. The van der Waals surface area contributed by atoms with Crippen molar-refractivity contribution in [2.75, 3.05) is 13.9 Å². The summed E-state index contributed by atoms with van der Waals surface area (Å²) in [5.41, 5.74) is 1.08. The number of ether oxygens (including phenoxy) is 3. The Kier molecular flexibility index (Phi) is 4.02. The van der Waals surface area contributed by atoms with E-state index in [1.165, 1.54) is 12.8 Å². The SMILES string of the molecule is COc1cc(CN[C@@H](C)c2nnc3n2CCCC3)cc2c1OCO2. The quantitative estimate of drug-likeness (QED) is 0.906. The summed E-state index contributed by atoms with van der Waals surface area (Å²) in [5.74, 6) is 4.24. The van der Waals surface area contributed by atoms with Crippen molar-refractivity contribution in [2.45, 2.75) is 45.3 Å². The van der Waals surface area contributed by atoms with Gasteiger partial charge in [0, 0.05) is 19.5 Å². The number of hydrogen-bond donors (Lipinski definition) is 1. The van der Waals surface area contributed by atoms with Crippen molar-refractivity contribution in [2.24, 2.45) is 0 Å². The van der Waals surface area contributed by atoms with E-state index in [0.717, 1.165) is 35.9 Å². The Morgan fingerprint density at radius 3 is 3.08 bits per heavy atom. The van der Waals surface area contributed by atoms with Gasteiger partial charge in [-0.3, -0.25) is 0 Å². The van der Waals surface area contributed by atoms with Crippen molar-refractivity contribution in [3.63, 3.8) is 0 Å². The standard InChI is InChI=1S/C17H22N4O3/c1-11(17-20-19-15-5-3-4-6-21(15)17)18-9-12-7-13(22-2)16-14(8-12)23-10-24-16/h7-8,11,18H,3-6,9-10H2,1-2H3/t11-/m0/s1. The van der Waals surface area contributed by atoms with E-state index in [0.29, 0.717) is 18.0 Å². The smallest absolute Gasteiger partial charge is 0.231 e. The Bertz CT molecular complexity index is 744. The molecule has 0 saturated heterocycles. The highest BCUT2D eigenvalue weighted by atomic mass is 16.7. The molecule has 3 heterocycles. The second-order valence-corrected chi connectivity index (χ2v) is 6.22. The lowest BCUT2D eigenvalue weighted by Gasteiger charge is -2.19. The Hall–Kier alpha value is -2.28. The number of benzene rings is 1. The van der Waals surface area contributed by atoms with E-state index < -0.39 is 0 Å². The van der Waals surface area contributed by atoms with Crippen LogP contribution in [0.15, 0.2) is 12.1 Å². The third-order valence-electron chi connectivity index (χ3n) is 4.61. The highest BCUT2D eigenvalue weighted by molar-refractivity contribution is 5.55. The fraction of sp³-hybridized carbons (Fsp3) is 0.529. The topological polar surface area (TPSA) is 70.4 Å². The molecule has 2 aromatic rings. The fourth-order valence-electron chi connectivity index (χ4n) is 3.30. The number of nitrogens with zero attached hydrogens (tertiary/aromatic N) is 3. The van der Waals surface area contributed by atoms with Crippen LogP contribution in [0.4, 0.5) is 0 Å². The lowest BCUT2D eigenvalue weighted by molar-refractivity contribution is 0.171. The fourth-order valence-corrected chi connectivity index (χ4v) is 3.30. The molecule has 7 heteroatoms. The van der Waals surface area contributed by atoms with E-state index in [-0.39, 0.29) is 12.8 Å². The molecule has 4 rings (SSSR count). The van der Waals surface area contributed by atoms with Crippen LogP contribution in [-0.2, 0) is 19.5 Å². The Morgan fingerprint density at radius 2 is 2.21 bits per heavy atom. The molecule has 0 fully saturated rings. The minimum absolute atomic E-state index is 0.126. The van der Waals surface area contributed by atoms with Gasteiger partial charge in [0.1, 0.15) is 11.6 Å². The van der Waals surface area contributed by atoms with Gasteiger partial charge in [0.05, 0.1) is 13.2 Å². The van der Waals surface area contributed by atoms with Gasteiger partial charge in [-0.05, 0) is 37.5 Å². The number of aromatic nitrogens is 3. The first-order chi connectivity index (χ1) is 11.8. The largest absolute Gasteiger partial charge is 0.493 e. The maximum absolute atomic E-state index is 5.48. The second-order valence-electron chi connectivity index (χ2n) is 6.22. The second kappa shape index (κ2) is 6.32. The van der Waals surface area contributed by atoms with Crippen LogP contribution in [0.1, 0.15) is 43.0 Å². The molecule has 24 heavy (non-hydrogen) atoms. The van der Waals surface area contributed by atoms with Gasteiger partial charge in [-0.25, -0.2) is 0 Å². The molecule has 0 bridgehead atoms. The number of methoxy groups -OCH3 is 1. The first-order valence-corrected chi connectivity index (χ1v) is 8.38. The summed E-state index contributed by atoms with van der Waals surface area (Å²) in [6, 6.07) is 4.09. The normalized spacial score (nSPS) is 16.8. The number of hydrogen-bond acceptors (Lipinski definition) is 6. The molecule has 0 radical (unpaired) electrons. The highest BCUT2D eigenvalue weighted by Gasteiger charge is 2.22. The highest BCUT2D eigenvalue weighted by Crippen LogP contribution is 2.41. The molecule has 0 aliphatic carbocycles. The molecular formula is C17H22N4O3. The molecule has 1 atom stereocenters. The molecule has 128 valence electrons. The van der Waals surface area contributed by atoms with Gasteiger partial charge in [0.25, 0.3) is 0 Å². The zero-order valence-electron chi connectivity index (χ0n) is 14.0. The summed E-state index contributed by atoms with van der Waals surface area (Å²) in [6.07, 6.45) is 3.43. The van der Waals surface area contributed by atoms with Crippen molar-refractivity contribution in [3.8, 4) is 17.2 Å². The van der Waals surface area contributed by atoms with Crippen molar-refractivity contribution < 1.29 is 14.2 Å². The maximum Gasteiger partial charge on any atom is 0.231 e. The predicted molar refractivity (Wildman–Crippen MR) is 87.3 cm³/mol. The van der Waals surface area contributed by atoms with Crippen molar-refractivity contribution in [3.05, 3.63) is 29.3 Å². The molecule has 2 aliphatic rings. The van der Waals surface area contributed by atoms with Crippen LogP contribution >= 0.6 is 0 Å². The Morgan fingerprint density at radius 1 is 1.29 bits per heavy atom. The van der Waals surface area contributed by atoms with E-state index in [4.69, 9.17) is 14.2 Å². The van der Waals surface area contributed by atoms with Crippen LogP contribution < -0.4 is 19.5 Å². The maximum atomic E-state index is 5.48. The lowest BCUT2D eigenvalue weighted by atomic mass is 10.1. The van der Waals surface area contributed by atoms with Crippen LogP contribution in [0.25, 0.3) is 0 Å². The third kappa shape index (κ3) is 2.69. The molecule has 2 aliphatic heterocycles. The average Bonchev–Trinajstić information content (AvgIpc) is 3.25. The molecular weight excluding hydrogens is 308 g/mol. The predicted octanol–water partition coefficient (Wildman–Crippen LogP) is 2.20. The monoisotopic (exact) mass is 330 g/mol. The summed E-state index contributed by atoms with van der Waals surface area (Å²) < 4.78 is 18.6. The number of nitrogens with one attached hydrogen (secondary N) is 1. The summed E-state index contributed by atoms with van der Waals surface area (Å²) in [5, 5.41) is 12.2. The van der Waals surface area contributed by atoms with E-state index in [1.54, 1.807) is 7.11 Å². The van der Waals surface area contributed by atoms with Crippen LogP contribution in [0.3, 0.4) is 0 Å². The summed E-state index contributed by atoms with van der Waals surface area (Å²) in [4.78, 5) is 0. The number of aryl methyl sites for hydroxylation is 1. The first kappa shape index (κ1) is 15.3. The molecule has 0 spiro atoms. The van der Waals surface area contributed by atoms with Crippen molar-refractivity contribution in [1.82, 2.24) is 20.1 Å². The zero-order valence-corrected chi connectivity index (χ0v) is 14.0. The third-order valence-corrected chi connectivity index (χ3v) is 4.61. The lowest BCUT2D eigenvalue weighted by Crippen LogP contribution is -2.23. The van der Waals surface area contributed by atoms with Gasteiger partial charge in [-0.15, -0.1) is 10.2 Å². The molecule has 1 aromatic carbocycles. The molecule has 7 nitrogen and oxygen atoms in total. The molecule has 0 amide bonds. The van der Waals surface area contributed by atoms with E-state index in [9.17, 15) is 0 Å². The van der Waals surface area contributed by atoms with Crippen LogP contribution in [-0.4, -0.2) is 28.7 Å². The van der Waals surface area contributed by atoms with Gasteiger partial charge in [-0.2, -0.15) is 0 Å². The first-order valence-electron chi connectivity index (χ1n) is 8.38. The molecule has 1 N–H and O–H groups in total. The Balaban J connectivity index is 1.48. The molecule has 0 unspecified atom stereocenters. The number of rotatable bonds is 5. The van der Waals surface area contributed by atoms with Gasteiger partial charge in [0.15, 0.2) is 11.5 Å². The van der Waals surface area contributed by atoms with Gasteiger partial charge >= 0.3 is 0 Å². The van der Waals surface area contributed by atoms with E-state index in [1.807, 2.05) is 12.1 Å². The van der Waals surface area contributed by atoms with Gasteiger partial charge < -0.3 is 24.1 Å².